The van der Waals surface area contributed by atoms with E-state index in [1.54, 1.807) is 12.3 Å². The van der Waals surface area contributed by atoms with Gasteiger partial charge in [-0.2, -0.15) is 0 Å². The van der Waals surface area contributed by atoms with Crippen LogP contribution in [-0.2, 0) is 5.41 Å². The first-order valence-corrected chi connectivity index (χ1v) is 5.40. The maximum absolute atomic E-state index is 5.93. The summed E-state index contributed by atoms with van der Waals surface area (Å²) in [6.07, 6.45) is 4.38. The number of hydrogen-bond donors (Lipinski definition) is 1. The van der Waals surface area contributed by atoms with Crippen LogP contribution in [0.25, 0.3) is 0 Å². The van der Waals surface area contributed by atoms with E-state index in [0.29, 0.717) is 11.8 Å². The Bertz CT molecular complexity index is 364. The zero-order valence-electron chi connectivity index (χ0n) is 9.58. The monoisotopic (exact) mass is 206 g/mol. The molecule has 2 N–H and O–H groups in total. The van der Waals surface area contributed by atoms with E-state index in [9.17, 15) is 0 Å². The molecule has 0 atom stereocenters. The molecule has 0 radical (unpaired) electrons. The highest BCUT2D eigenvalue weighted by molar-refractivity contribution is 5.55. The number of hydrogen-bond acceptors (Lipinski definition) is 3. The fraction of sp³-hybridized carbons (Fsp3) is 0.583. The number of ether oxygens (including phenoxy) is 1. The van der Waals surface area contributed by atoms with Crippen molar-refractivity contribution in [2.24, 2.45) is 0 Å². The molecule has 0 amide bonds. The van der Waals surface area contributed by atoms with Crippen molar-refractivity contribution < 1.29 is 4.74 Å². The Balaban J connectivity index is 2.38. The zero-order chi connectivity index (χ0) is 11.1. The Labute approximate surface area is 90.7 Å². The second kappa shape index (κ2) is 3.40. The molecule has 1 aromatic heterocycles. The van der Waals surface area contributed by atoms with Crippen LogP contribution in [0.4, 0.5) is 5.69 Å². The summed E-state index contributed by atoms with van der Waals surface area (Å²) in [4.78, 5) is 4.39. The van der Waals surface area contributed by atoms with Gasteiger partial charge in [-0.25, -0.2) is 0 Å². The molecular weight excluding hydrogens is 188 g/mol. The minimum Gasteiger partial charge on any atom is -0.486 e. The quantitative estimate of drug-likeness (QED) is 0.808. The fourth-order valence-corrected chi connectivity index (χ4v) is 1.47. The Hall–Kier alpha value is -1.25. The Morgan fingerprint density at radius 2 is 2.07 bits per heavy atom. The van der Waals surface area contributed by atoms with Gasteiger partial charge in [-0.05, 0) is 18.9 Å². The number of aromatic nitrogens is 1. The molecular formula is C12H18N2O. The molecule has 1 aliphatic carbocycles. The van der Waals surface area contributed by atoms with Gasteiger partial charge in [0.05, 0.1) is 17.5 Å². The van der Waals surface area contributed by atoms with Crippen molar-refractivity contribution >= 4 is 5.69 Å². The van der Waals surface area contributed by atoms with E-state index >= 15 is 0 Å². The molecule has 82 valence electrons. The second-order valence-corrected chi connectivity index (χ2v) is 5.15. The lowest BCUT2D eigenvalue weighted by molar-refractivity contribution is 0.294. The number of pyridine rings is 1. The minimum atomic E-state index is -0.0282. The summed E-state index contributed by atoms with van der Waals surface area (Å²) in [5.41, 5.74) is 7.55. The number of nitrogens with two attached hydrogens (primary N) is 1. The largest absolute Gasteiger partial charge is 0.486 e. The van der Waals surface area contributed by atoms with Crippen LogP contribution in [0, 0.1) is 0 Å². The van der Waals surface area contributed by atoms with Gasteiger partial charge < -0.3 is 10.5 Å². The smallest absolute Gasteiger partial charge is 0.164 e. The second-order valence-electron chi connectivity index (χ2n) is 5.15. The number of nitrogens with zero attached hydrogens (tertiary/aromatic N) is 1. The molecule has 0 bridgehead atoms. The summed E-state index contributed by atoms with van der Waals surface area (Å²) >= 11 is 0. The van der Waals surface area contributed by atoms with Crippen molar-refractivity contribution in [2.45, 2.75) is 45.1 Å². The number of rotatable bonds is 2. The highest BCUT2D eigenvalue weighted by Gasteiger charge is 2.29. The van der Waals surface area contributed by atoms with Crippen molar-refractivity contribution in [3.63, 3.8) is 0 Å². The third-order valence-electron chi connectivity index (χ3n) is 2.45. The zero-order valence-corrected chi connectivity index (χ0v) is 9.58. The molecule has 1 aliphatic rings. The SMILES string of the molecule is CC(C)(C)c1nccc(N)c1OC1CC1. The predicted molar refractivity (Wildman–Crippen MR) is 61.0 cm³/mol. The van der Waals surface area contributed by atoms with Crippen LogP contribution in [-0.4, -0.2) is 11.1 Å². The third-order valence-corrected chi connectivity index (χ3v) is 2.45. The first-order chi connectivity index (χ1) is 6.98. The normalized spacial score (nSPS) is 16.5. The van der Waals surface area contributed by atoms with E-state index in [2.05, 4.69) is 25.8 Å². The maximum Gasteiger partial charge on any atom is 0.164 e. The molecule has 0 aliphatic heterocycles. The Kier molecular flexibility index (Phi) is 2.33. The van der Waals surface area contributed by atoms with E-state index in [0.717, 1.165) is 24.3 Å². The highest BCUT2D eigenvalue weighted by atomic mass is 16.5. The van der Waals surface area contributed by atoms with Gasteiger partial charge in [0, 0.05) is 11.6 Å². The van der Waals surface area contributed by atoms with Gasteiger partial charge in [0.2, 0.25) is 0 Å². The molecule has 0 spiro atoms. The molecule has 1 saturated carbocycles. The van der Waals surface area contributed by atoms with Gasteiger partial charge in [0.15, 0.2) is 5.75 Å². The van der Waals surface area contributed by atoms with Crippen LogP contribution in [0.3, 0.4) is 0 Å². The summed E-state index contributed by atoms with van der Waals surface area (Å²) in [6.45, 7) is 6.36. The summed E-state index contributed by atoms with van der Waals surface area (Å²) in [6, 6.07) is 1.80. The van der Waals surface area contributed by atoms with Crippen molar-refractivity contribution in [3.8, 4) is 5.75 Å². The molecule has 3 nitrogen and oxygen atoms in total. The van der Waals surface area contributed by atoms with E-state index in [-0.39, 0.29) is 5.41 Å². The van der Waals surface area contributed by atoms with Crippen molar-refractivity contribution in [3.05, 3.63) is 18.0 Å². The fourth-order valence-electron chi connectivity index (χ4n) is 1.47. The molecule has 0 saturated heterocycles. The number of nitrogen functional groups attached to an aromatic ring is 1. The van der Waals surface area contributed by atoms with E-state index < -0.39 is 0 Å². The van der Waals surface area contributed by atoms with E-state index in [1.807, 2.05) is 0 Å². The van der Waals surface area contributed by atoms with Crippen LogP contribution in [0.5, 0.6) is 5.75 Å². The lowest BCUT2D eigenvalue weighted by Crippen LogP contribution is -2.17. The van der Waals surface area contributed by atoms with Crippen LogP contribution in [0.2, 0.25) is 0 Å². The summed E-state index contributed by atoms with van der Waals surface area (Å²) in [5.74, 6) is 0.785. The molecule has 15 heavy (non-hydrogen) atoms. The summed E-state index contributed by atoms with van der Waals surface area (Å²) in [5, 5.41) is 0. The van der Waals surface area contributed by atoms with Gasteiger partial charge in [0.1, 0.15) is 0 Å². The van der Waals surface area contributed by atoms with Crippen LogP contribution >= 0.6 is 0 Å². The van der Waals surface area contributed by atoms with Crippen LogP contribution in [0.15, 0.2) is 12.3 Å². The van der Waals surface area contributed by atoms with Crippen LogP contribution < -0.4 is 10.5 Å². The topological polar surface area (TPSA) is 48.1 Å². The standard InChI is InChI=1S/C12H18N2O/c1-12(2,3)11-10(15-8-4-5-8)9(13)6-7-14-11/h6-8H,4-5H2,1-3H3,(H2,13,14). The lowest BCUT2D eigenvalue weighted by Gasteiger charge is -2.22. The van der Waals surface area contributed by atoms with Gasteiger partial charge in [0.25, 0.3) is 0 Å². The average Bonchev–Trinajstić information content (AvgIpc) is 2.90. The van der Waals surface area contributed by atoms with E-state index in [4.69, 9.17) is 10.5 Å². The van der Waals surface area contributed by atoms with Crippen molar-refractivity contribution in [1.82, 2.24) is 4.98 Å². The molecule has 0 aromatic carbocycles. The third kappa shape index (κ3) is 2.22. The molecule has 3 heteroatoms. The van der Waals surface area contributed by atoms with Crippen molar-refractivity contribution in [2.75, 3.05) is 5.73 Å². The first kappa shape index (κ1) is 10.3. The Morgan fingerprint density at radius 3 is 2.60 bits per heavy atom. The average molecular weight is 206 g/mol. The molecule has 2 rings (SSSR count). The van der Waals surface area contributed by atoms with E-state index in [1.165, 1.54) is 0 Å². The number of anilines is 1. The van der Waals surface area contributed by atoms with Gasteiger partial charge >= 0.3 is 0 Å². The first-order valence-electron chi connectivity index (χ1n) is 5.40. The molecule has 1 fully saturated rings. The molecule has 1 aromatic rings. The van der Waals surface area contributed by atoms with Gasteiger partial charge in [-0.3, -0.25) is 4.98 Å². The summed E-state index contributed by atoms with van der Waals surface area (Å²) < 4.78 is 5.83. The minimum absolute atomic E-state index is 0.0282. The van der Waals surface area contributed by atoms with Crippen LogP contribution in [0.1, 0.15) is 39.3 Å². The Morgan fingerprint density at radius 1 is 1.40 bits per heavy atom. The maximum atomic E-state index is 5.93. The van der Waals surface area contributed by atoms with Crippen molar-refractivity contribution in [1.29, 1.82) is 0 Å². The predicted octanol–water partition coefficient (Wildman–Crippen LogP) is 2.50. The lowest BCUT2D eigenvalue weighted by atomic mass is 9.90. The molecule has 0 unspecified atom stereocenters. The summed E-state index contributed by atoms with van der Waals surface area (Å²) in [7, 11) is 0. The van der Waals surface area contributed by atoms with Gasteiger partial charge in [-0.1, -0.05) is 20.8 Å². The molecule has 1 heterocycles. The highest BCUT2D eigenvalue weighted by Crippen LogP contribution is 2.37. The van der Waals surface area contributed by atoms with Gasteiger partial charge in [-0.15, -0.1) is 0 Å².